The molecule has 0 saturated carbocycles. The highest BCUT2D eigenvalue weighted by atomic mass is 19.4. The molecule has 1 aliphatic rings. The van der Waals surface area contributed by atoms with Gasteiger partial charge in [0.05, 0.1) is 18.7 Å². The van der Waals surface area contributed by atoms with Crippen molar-refractivity contribution in [2.24, 2.45) is 0 Å². The minimum Gasteiger partial charge on any atom is -0.507 e. The molecule has 1 saturated heterocycles. The Balaban J connectivity index is 1.86. The van der Waals surface area contributed by atoms with Gasteiger partial charge in [0, 0.05) is 11.3 Å². The van der Waals surface area contributed by atoms with E-state index < -0.39 is 29.8 Å². The molecule has 1 heterocycles. The molecule has 6 nitrogen and oxygen atoms in total. The van der Waals surface area contributed by atoms with Crippen molar-refractivity contribution in [2.75, 3.05) is 12.0 Å². The number of ether oxygens (including phenoxy) is 2. The van der Waals surface area contributed by atoms with Gasteiger partial charge in [-0.3, -0.25) is 14.5 Å². The first-order valence-corrected chi connectivity index (χ1v) is 10.1. The van der Waals surface area contributed by atoms with Gasteiger partial charge in [0.2, 0.25) is 0 Å². The Morgan fingerprint density at radius 1 is 0.912 bits per heavy atom. The zero-order chi connectivity index (χ0) is 24.5. The Morgan fingerprint density at radius 2 is 1.59 bits per heavy atom. The van der Waals surface area contributed by atoms with Crippen molar-refractivity contribution in [3.8, 4) is 11.5 Å². The second-order valence-electron chi connectivity index (χ2n) is 7.35. The number of amides is 1. The molecule has 1 fully saturated rings. The number of aliphatic hydroxyl groups excluding tert-OH is 1. The van der Waals surface area contributed by atoms with E-state index in [1.165, 1.54) is 19.2 Å². The maximum absolute atomic E-state index is 13.1. The van der Waals surface area contributed by atoms with Crippen molar-refractivity contribution in [2.45, 2.75) is 12.4 Å². The molecule has 1 aliphatic heterocycles. The molecule has 0 spiro atoms. The van der Waals surface area contributed by atoms with Gasteiger partial charge in [0.15, 0.2) is 0 Å². The third-order valence-electron chi connectivity index (χ3n) is 5.25. The van der Waals surface area contributed by atoms with Gasteiger partial charge in [-0.2, -0.15) is 0 Å². The van der Waals surface area contributed by atoms with Crippen LogP contribution in [0, 0.1) is 0 Å². The van der Waals surface area contributed by atoms with E-state index in [-0.39, 0.29) is 17.0 Å². The van der Waals surface area contributed by atoms with Gasteiger partial charge in [-0.1, -0.05) is 42.5 Å². The third kappa shape index (κ3) is 4.45. The van der Waals surface area contributed by atoms with Crippen LogP contribution in [0.5, 0.6) is 11.5 Å². The molecular weight excluding hydrogens is 451 g/mol. The number of carbonyl (C=O) groups excluding carboxylic acids is 2. The number of Topliss-reactive ketones (excluding diaryl/α,β-unsaturated/α-hetero) is 1. The van der Waals surface area contributed by atoms with Gasteiger partial charge in [-0.05, 0) is 42.0 Å². The molecule has 0 radical (unpaired) electrons. The van der Waals surface area contributed by atoms with Crippen molar-refractivity contribution in [3.05, 3.63) is 95.6 Å². The van der Waals surface area contributed by atoms with E-state index in [1.54, 1.807) is 54.6 Å². The van der Waals surface area contributed by atoms with Gasteiger partial charge < -0.3 is 14.6 Å². The molecule has 0 aliphatic carbocycles. The van der Waals surface area contributed by atoms with E-state index in [9.17, 15) is 27.9 Å². The van der Waals surface area contributed by atoms with Gasteiger partial charge in [-0.15, -0.1) is 13.2 Å². The standard InChI is InChI=1S/C25H18F3NO5/c1-33-19-9-5-8-16(14-19)21-20(22(30)15-6-3-2-4-7-15)23(31)24(32)29(21)17-10-12-18(13-11-17)34-25(26,27)28/h2-14,21,30H,1H3/b22-20-. The fourth-order valence-electron chi connectivity index (χ4n) is 3.79. The number of nitrogens with zero attached hydrogens (tertiary/aromatic N) is 1. The molecule has 4 rings (SSSR count). The Hall–Kier alpha value is -4.27. The molecule has 34 heavy (non-hydrogen) atoms. The average Bonchev–Trinajstić information content (AvgIpc) is 3.09. The van der Waals surface area contributed by atoms with Crippen molar-refractivity contribution in [1.82, 2.24) is 0 Å². The fraction of sp³-hybridized carbons (Fsp3) is 0.120. The first-order chi connectivity index (χ1) is 16.2. The molecule has 3 aromatic carbocycles. The van der Waals surface area contributed by atoms with Gasteiger partial charge in [-0.25, -0.2) is 0 Å². The Morgan fingerprint density at radius 3 is 2.21 bits per heavy atom. The van der Waals surface area contributed by atoms with Gasteiger partial charge >= 0.3 is 6.36 Å². The van der Waals surface area contributed by atoms with Crippen LogP contribution in [-0.4, -0.2) is 30.3 Å². The highest BCUT2D eigenvalue weighted by molar-refractivity contribution is 6.51. The van der Waals surface area contributed by atoms with Crippen LogP contribution < -0.4 is 14.4 Å². The van der Waals surface area contributed by atoms with Crippen LogP contribution in [-0.2, 0) is 9.59 Å². The lowest BCUT2D eigenvalue weighted by Gasteiger charge is -2.26. The van der Waals surface area contributed by atoms with Crippen molar-refractivity contribution >= 4 is 23.1 Å². The second kappa shape index (κ2) is 8.93. The van der Waals surface area contributed by atoms with Crippen LogP contribution in [0.4, 0.5) is 18.9 Å². The first kappa shape index (κ1) is 22.9. The van der Waals surface area contributed by atoms with Crippen LogP contribution >= 0.6 is 0 Å². The molecule has 1 N–H and O–H groups in total. The van der Waals surface area contributed by atoms with E-state index >= 15 is 0 Å². The lowest BCUT2D eigenvalue weighted by atomic mass is 9.95. The zero-order valence-corrected chi connectivity index (χ0v) is 17.7. The van der Waals surface area contributed by atoms with E-state index in [2.05, 4.69) is 4.74 Å². The largest absolute Gasteiger partial charge is 0.573 e. The van der Waals surface area contributed by atoms with Crippen molar-refractivity contribution in [1.29, 1.82) is 0 Å². The first-order valence-electron chi connectivity index (χ1n) is 10.1. The lowest BCUT2D eigenvalue weighted by molar-refractivity contribution is -0.274. The number of hydrogen-bond acceptors (Lipinski definition) is 5. The number of ketones is 1. The molecule has 174 valence electrons. The molecule has 1 unspecified atom stereocenters. The number of hydrogen-bond donors (Lipinski definition) is 1. The lowest BCUT2D eigenvalue weighted by Crippen LogP contribution is -2.29. The highest BCUT2D eigenvalue weighted by Gasteiger charge is 2.47. The van der Waals surface area contributed by atoms with Gasteiger partial charge in [0.1, 0.15) is 17.3 Å². The van der Waals surface area contributed by atoms with Gasteiger partial charge in [0.25, 0.3) is 11.7 Å². The predicted octanol–water partition coefficient (Wildman–Crippen LogP) is 5.22. The number of carbonyl (C=O) groups is 2. The quantitative estimate of drug-likeness (QED) is 0.315. The number of anilines is 1. The maximum atomic E-state index is 13.1. The summed E-state index contributed by atoms with van der Waals surface area (Å²) in [7, 11) is 1.46. The van der Waals surface area contributed by atoms with Crippen molar-refractivity contribution in [3.63, 3.8) is 0 Å². The van der Waals surface area contributed by atoms with E-state index in [1.807, 2.05) is 0 Å². The summed E-state index contributed by atoms with van der Waals surface area (Å²) in [5, 5.41) is 11.0. The summed E-state index contributed by atoms with van der Waals surface area (Å²) in [6, 6.07) is 18.4. The average molecular weight is 469 g/mol. The third-order valence-corrected chi connectivity index (χ3v) is 5.25. The summed E-state index contributed by atoms with van der Waals surface area (Å²) in [5.74, 6) is -2.25. The van der Waals surface area contributed by atoms with Crippen LogP contribution in [0.2, 0.25) is 0 Å². The summed E-state index contributed by atoms with van der Waals surface area (Å²) in [5.41, 5.74) is 0.797. The van der Waals surface area contributed by atoms with Crippen LogP contribution in [0.15, 0.2) is 84.4 Å². The monoisotopic (exact) mass is 469 g/mol. The second-order valence-corrected chi connectivity index (χ2v) is 7.35. The van der Waals surface area contributed by atoms with Crippen LogP contribution in [0.25, 0.3) is 5.76 Å². The summed E-state index contributed by atoms with van der Waals surface area (Å²) in [6.45, 7) is 0. The smallest absolute Gasteiger partial charge is 0.507 e. The number of benzene rings is 3. The molecular formula is C25H18F3NO5. The number of rotatable bonds is 5. The molecule has 1 atom stereocenters. The fourth-order valence-corrected chi connectivity index (χ4v) is 3.79. The van der Waals surface area contributed by atoms with Crippen LogP contribution in [0.3, 0.4) is 0 Å². The zero-order valence-electron chi connectivity index (χ0n) is 17.7. The van der Waals surface area contributed by atoms with Crippen LogP contribution in [0.1, 0.15) is 17.2 Å². The molecule has 0 bridgehead atoms. The minimum atomic E-state index is -4.87. The Kier molecular flexibility index (Phi) is 6.02. The topological polar surface area (TPSA) is 76.1 Å². The molecule has 1 amide bonds. The van der Waals surface area contributed by atoms with E-state index in [0.29, 0.717) is 16.9 Å². The summed E-state index contributed by atoms with van der Waals surface area (Å²) >= 11 is 0. The number of alkyl halides is 3. The van der Waals surface area contributed by atoms with Crippen molar-refractivity contribution < 1.29 is 37.3 Å². The van der Waals surface area contributed by atoms with E-state index in [4.69, 9.17) is 4.74 Å². The SMILES string of the molecule is COc1cccc(C2/C(=C(/O)c3ccccc3)C(=O)C(=O)N2c2ccc(OC(F)(F)F)cc2)c1. The summed E-state index contributed by atoms with van der Waals surface area (Å²) < 4.78 is 46.8. The molecule has 0 aromatic heterocycles. The summed E-state index contributed by atoms with van der Waals surface area (Å²) in [4.78, 5) is 27.3. The Bertz CT molecular complexity index is 1250. The molecule has 9 heteroatoms. The highest BCUT2D eigenvalue weighted by Crippen LogP contribution is 2.43. The number of aliphatic hydroxyl groups is 1. The minimum absolute atomic E-state index is 0.150. The summed E-state index contributed by atoms with van der Waals surface area (Å²) in [6.07, 6.45) is -4.87. The Labute approximate surface area is 192 Å². The predicted molar refractivity (Wildman–Crippen MR) is 117 cm³/mol. The van der Waals surface area contributed by atoms with E-state index in [0.717, 1.165) is 17.0 Å². The number of halogens is 3. The number of methoxy groups -OCH3 is 1. The molecule has 3 aromatic rings. The maximum Gasteiger partial charge on any atom is 0.573 e. The normalized spacial score (nSPS) is 17.6.